The molecule has 0 amide bonds. The third-order valence-corrected chi connectivity index (χ3v) is 2.63. The van der Waals surface area contributed by atoms with E-state index in [0.717, 1.165) is 6.07 Å². The Morgan fingerprint density at radius 3 is 2.70 bits per heavy atom. The third-order valence-electron chi connectivity index (χ3n) is 2.63. The van der Waals surface area contributed by atoms with Gasteiger partial charge in [-0.3, -0.25) is 10.1 Å². The van der Waals surface area contributed by atoms with Crippen LogP contribution in [0.1, 0.15) is 0 Å². The number of nitro groups is 1. The van der Waals surface area contributed by atoms with Crippen molar-refractivity contribution >= 4 is 22.7 Å². The minimum Gasteiger partial charge on any atom is -0.490 e. The van der Waals surface area contributed by atoms with Crippen molar-refractivity contribution in [1.82, 2.24) is 0 Å². The fraction of sp³-hybridized carbons (Fsp3) is 0.0769. The van der Waals surface area contributed by atoms with Gasteiger partial charge in [0.05, 0.1) is 23.8 Å². The van der Waals surface area contributed by atoms with Crippen LogP contribution in [-0.4, -0.2) is 12.0 Å². The Kier molecular flexibility index (Phi) is 3.69. The molecule has 0 fully saturated rings. The Morgan fingerprint density at radius 2 is 2.10 bits per heavy atom. The van der Waals surface area contributed by atoms with Crippen molar-refractivity contribution in [3.63, 3.8) is 0 Å². The smallest absolute Gasteiger partial charge is 0.313 e. The van der Waals surface area contributed by atoms with Crippen LogP contribution in [0.15, 0.2) is 36.4 Å². The topological polar surface area (TPSA) is 90.4 Å². The minimum absolute atomic E-state index is 0.0252. The summed E-state index contributed by atoms with van der Waals surface area (Å²) in [5.74, 6) is -0.775. The largest absolute Gasteiger partial charge is 0.490 e. The molecule has 104 valence electrons. The van der Waals surface area contributed by atoms with Gasteiger partial charge < -0.3 is 15.8 Å². The lowest BCUT2D eigenvalue weighted by Gasteiger charge is -2.10. The molecule has 0 aliphatic rings. The molecule has 0 saturated carbocycles. The zero-order valence-corrected chi connectivity index (χ0v) is 10.6. The third kappa shape index (κ3) is 2.77. The first-order chi connectivity index (χ1) is 9.51. The molecule has 0 atom stereocenters. The second-order valence-corrected chi connectivity index (χ2v) is 4.01. The predicted molar refractivity (Wildman–Crippen MR) is 73.7 cm³/mol. The van der Waals surface area contributed by atoms with Crippen molar-refractivity contribution in [3.05, 3.63) is 52.3 Å². The number of hydrogen-bond donors (Lipinski definition) is 2. The molecule has 0 aromatic heterocycles. The Balaban J connectivity index is 2.40. The summed E-state index contributed by atoms with van der Waals surface area (Å²) < 4.78 is 18.7. The number of nitrogen functional groups attached to an aromatic ring is 1. The Labute approximate surface area is 114 Å². The summed E-state index contributed by atoms with van der Waals surface area (Å²) in [4.78, 5) is 10.1. The molecular formula is C13H12FN3O3. The summed E-state index contributed by atoms with van der Waals surface area (Å²) in [7, 11) is 1.28. The molecule has 20 heavy (non-hydrogen) atoms. The van der Waals surface area contributed by atoms with E-state index in [1.807, 2.05) is 0 Å². The van der Waals surface area contributed by atoms with E-state index in [1.165, 1.54) is 13.2 Å². The maximum absolute atomic E-state index is 13.9. The quantitative estimate of drug-likeness (QED) is 0.509. The van der Waals surface area contributed by atoms with E-state index in [2.05, 4.69) is 5.32 Å². The first kappa shape index (κ1) is 13.6. The number of hydrogen-bond acceptors (Lipinski definition) is 5. The van der Waals surface area contributed by atoms with Crippen molar-refractivity contribution in [3.8, 4) is 5.75 Å². The Hall–Kier alpha value is -2.83. The van der Waals surface area contributed by atoms with Crippen LogP contribution in [0.5, 0.6) is 5.75 Å². The molecule has 0 saturated heterocycles. The van der Waals surface area contributed by atoms with Gasteiger partial charge >= 0.3 is 5.69 Å². The Bertz CT molecular complexity index is 661. The van der Waals surface area contributed by atoms with Gasteiger partial charge in [-0.05, 0) is 18.2 Å². The minimum atomic E-state index is -0.750. The van der Waals surface area contributed by atoms with Gasteiger partial charge in [0, 0.05) is 17.4 Å². The van der Waals surface area contributed by atoms with Gasteiger partial charge in [-0.2, -0.15) is 0 Å². The molecule has 0 aliphatic heterocycles. The van der Waals surface area contributed by atoms with Crippen LogP contribution in [0.3, 0.4) is 0 Å². The second kappa shape index (κ2) is 5.43. The average Bonchev–Trinajstić information content (AvgIpc) is 2.40. The van der Waals surface area contributed by atoms with Gasteiger partial charge in [-0.1, -0.05) is 6.07 Å². The molecule has 0 bridgehead atoms. The van der Waals surface area contributed by atoms with Crippen molar-refractivity contribution in [2.45, 2.75) is 0 Å². The molecule has 3 N–H and O–H groups in total. The summed E-state index contributed by atoms with van der Waals surface area (Å²) >= 11 is 0. The van der Waals surface area contributed by atoms with E-state index in [9.17, 15) is 14.5 Å². The highest BCUT2D eigenvalue weighted by Crippen LogP contribution is 2.33. The Morgan fingerprint density at radius 1 is 1.35 bits per heavy atom. The molecule has 2 aromatic carbocycles. The van der Waals surface area contributed by atoms with Crippen LogP contribution >= 0.6 is 0 Å². The zero-order valence-electron chi connectivity index (χ0n) is 10.6. The van der Waals surface area contributed by atoms with Gasteiger partial charge in [0.15, 0.2) is 11.6 Å². The number of methoxy groups -OCH3 is 1. The van der Waals surface area contributed by atoms with Crippen LogP contribution < -0.4 is 15.8 Å². The monoisotopic (exact) mass is 277 g/mol. The number of rotatable bonds is 4. The van der Waals surface area contributed by atoms with Crippen LogP contribution in [-0.2, 0) is 0 Å². The zero-order chi connectivity index (χ0) is 14.7. The van der Waals surface area contributed by atoms with Crippen molar-refractivity contribution in [2.24, 2.45) is 0 Å². The van der Waals surface area contributed by atoms with Crippen LogP contribution in [0, 0.1) is 15.9 Å². The normalized spacial score (nSPS) is 10.1. The van der Waals surface area contributed by atoms with Crippen molar-refractivity contribution in [2.75, 3.05) is 18.2 Å². The lowest BCUT2D eigenvalue weighted by atomic mass is 10.2. The van der Waals surface area contributed by atoms with Crippen molar-refractivity contribution < 1.29 is 14.1 Å². The molecule has 0 radical (unpaired) electrons. The van der Waals surface area contributed by atoms with Gasteiger partial charge in [-0.15, -0.1) is 0 Å². The van der Waals surface area contributed by atoms with Gasteiger partial charge in [0.25, 0.3) is 0 Å². The molecule has 0 spiro atoms. The number of anilines is 3. The molecule has 7 heteroatoms. The summed E-state index contributed by atoms with van der Waals surface area (Å²) in [6.07, 6.45) is 0. The molecular weight excluding hydrogens is 265 g/mol. The first-order valence-corrected chi connectivity index (χ1v) is 5.65. The molecule has 0 heterocycles. The molecule has 2 rings (SSSR count). The number of ether oxygens (including phenoxy) is 1. The summed E-state index contributed by atoms with van der Waals surface area (Å²) in [5, 5.41) is 13.6. The highest BCUT2D eigenvalue weighted by atomic mass is 19.1. The van der Waals surface area contributed by atoms with Crippen LogP contribution in [0.4, 0.5) is 27.1 Å². The fourth-order valence-corrected chi connectivity index (χ4v) is 1.72. The molecule has 6 nitrogen and oxygen atoms in total. The summed E-state index contributed by atoms with van der Waals surface area (Å²) in [6, 6.07) is 8.76. The van der Waals surface area contributed by atoms with Crippen LogP contribution in [0.2, 0.25) is 0 Å². The maximum Gasteiger partial charge on any atom is 0.313 e. The first-order valence-electron chi connectivity index (χ1n) is 5.65. The highest BCUT2D eigenvalue weighted by molar-refractivity contribution is 5.67. The van der Waals surface area contributed by atoms with E-state index < -0.39 is 16.4 Å². The standard InChI is InChI=1S/C13H12FN3O3/c1-20-13-7-11(10(14)6-12(13)17(18)19)16-9-4-2-3-8(15)5-9/h2-7,16H,15H2,1H3. The number of nitrogens with two attached hydrogens (primary N) is 1. The van der Waals surface area contributed by atoms with Crippen molar-refractivity contribution in [1.29, 1.82) is 0 Å². The number of benzene rings is 2. The maximum atomic E-state index is 13.9. The number of nitro benzene ring substituents is 1. The van der Waals surface area contributed by atoms with E-state index in [1.54, 1.807) is 24.3 Å². The van der Waals surface area contributed by atoms with E-state index in [4.69, 9.17) is 10.5 Å². The van der Waals surface area contributed by atoms with Gasteiger partial charge in [0.1, 0.15) is 0 Å². The number of halogens is 1. The van der Waals surface area contributed by atoms with E-state index >= 15 is 0 Å². The van der Waals surface area contributed by atoms with Crippen LogP contribution in [0.25, 0.3) is 0 Å². The molecule has 2 aromatic rings. The van der Waals surface area contributed by atoms with Gasteiger partial charge in [0.2, 0.25) is 0 Å². The molecule has 0 unspecified atom stereocenters. The second-order valence-electron chi connectivity index (χ2n) is 4.01. The van der Waals surface area contributed by atoms with E-state index in [-0.39, 0.29) is 11.4 Å². The SMILES string of the molecule is COc1cc(Nc2cccc(N)c2)c(F)cc1[N+](=O)[O-]. The van der Waals surface area contributed by atoms with Gasteiger partial charge in [-0.25, -0.2) is 4.39 Å². The fourth-order valence-electron chi connectivity index (χ4n) is 1.72. The number of nitrogens with one attached hydrogen (secondary N) is 1. The summed E-state index contributed by atoms with van der Waals surface area (Å²) in [5.41, 5.74) is 6.35. The van der Waals surface area contributed by atoms with E-state index in [0.29, 0.717) is 11.4 Å². The molecule has 0 aliphatic carbocycles. The number of nitrogens with zero attached hydrogens (tertiary/aromatic N) is 1. The summed E-state index contributed by atoms with van der Waals surface area (Å²) in [6.45, 7) is 0. The lowest BCUT2D eigenvalue weighted by Crippen LogP contribution is -1.99. The average molecular weight is 277 g/mol. The lowest BCUT2D eigenvalue weighted by molar-refractivity contribution is -0.385. The predicted octanol–water partition coefficient (Wildman–Crippen LogP) is 3.07. The highest BCUT2D eigenvalue weighted by Gasteiger charge is 2.19.